The van der Waals surface area contributed by atoms with Gasteiger partial charge < -0.3 is 4.90 Å². The third-order valence-electron chi connectivity index (χ3n) is 2.09. The first-order valence-electron chi connectivity index (χ1n) is 4.55. The van der Waals surface area contributed by atoms with Crippen LogP contribution in [0, 0.1) is 0 Å². The Balaban J connectivity index is 2.58. The number of amidine groups is 1. The van der Waals surface area contributed by atoms with Crippen LogP contribution < -0.4 is 0 Å². The Bertz CT molecular complexity index is 150. The van der Waals surface area contributed by atoms with Crippen LogP contribution in [0.15, 0.2) is 4.99 Å². The lowest BCUT2D eigenvalue weighted by atomic mass is 10.3. The molecule has 11 heavy (non-hydrogen) atoms. The van der Waals surface area contributed by atoms with Gasteiger partial charge in [0.25, 0.3) is 0 Å². The van der Waals surface area contributed by atoms with E-state index in [4.69, 9.17) is 0 Å². The van der Waals surface area contributed by atoms with Crippen molar-refractivity contribution >= 4 is 5.84 Å². The van der Waals surface area contributed by atoms with E-state index in [1.165, 1.54) is 25.2 Å². The van der Waals surface area contributed by atoms with Gasteiger partial charge in [-0.3, -0.25) is 4.99 Å². The Morgan fingerprint density at radius 3 is 2.82 bits per heavy atom. The number of likely N-dealkylation sites (tertiary alicyclic amines) is 1. The van der Waals surface area contributed by atoms with E-state index in [0.717, 1.165) is 6.54 Å². The molecule has 0 bridgehead atoms. The van der Waals surface area contributed by atoms with Gasteiger partial charge in [-0.1, -0.05) is 0 Å². The highest BCUT2D eigenvalue weighted by Crippen LogP contribution is 2.14. The van der Waals surface area contributed by atoms with Crippen LogP contribution in [0.25, 0.3) is 0 Å². The molecule has 1 rings (SSSR count). The van der Waals surface area contributed by atoms with Crippen molar-refractivity contribution in [1.29, 1.82) is 0 Å². The summed E-state index contributed by atoms with van der Waals surface area (Å²) in [6.45, 7) is 8.70. The van der Waals surface area contributed by atoms with Gasteiger partial charge in [-0.25, -0.2) is 0 Å². The number of rotatable bonds is 2. The first kappa shape index (κ1) is 8.57. The molecule has 1 aliphatic rings. The van der Waals surface area contributed by atoms with Gasteiger partial charge in [-0.2, -0.15) is 0 Å². The van der Waals surface area contributed by atoms with E-state index >= 15 is 0 Å². The maximum absolute atomic E-state index is 4.47. The van der Waals surface area contributed by atoms with Gasteiger partial charge in [-0.05, 0) is 27.2 Å². The molecule has 0 saturated carbocycles. The van der Waals surface area contributed by atoms with Crippen molar-refractivity contribution in [2.45, 2.75) is 39.7 Å². The van der Waals surface area contributed by atoms with Gasteiger partial charge in [0.2, 0.25) is 0 Å². The fourth-order valence-corrected chi connectivity index (χ4v) is 1.59. The van der Waals surface area contributed by atoms with E-state index in [2.05, 4.69) is 30.7 Å². The van der Waals surface area contributed by atoms with Crippen LogP contribution in [0.5, 0.6) is 0 Å². The van der Waals surface area contributed by atoms with Gasteiger partial charge in [0.1, 0.15) is 0 Å². The van der Waals surface area contributed by atoms with Crippen LogP contribution in [-0.4, -0.2) is 29.9 Å². The zero-order valence-corrected chi connectivity index (χ0v) is 7.80. The van der Waals surface area contributed by atoms with E-state index in [9.17, 15) is 0 Å². The number of hydrogen-bond acceptors (Lipinski definition) is 1. The van der Waals surface area contributed by atoms with Crippen molar-refractivity contribution in [3.05, 3.63) is 0 Å². The lowest BCUT2D eigenvalue weighted by molar-refractivity contribution is 0.377. The van der Waals surface area contributed by atoms with Crippen molar-refractivity contribution in [1.82, 2.24) is 4.90 Å². The zero-order valence-electron chi connectivity index (χ0n) is 7.80. The van der Waals surface area contributed by atoms with Crippen LogP contribution in [0.1, 0.15) is 33.6 Å². The topological polar surface area (TPSA) is 15.6 Å². The molecule has 0 aromatic heterocycles. The van der Waals surface area contributed by atoms with Crippen molar-refractivity contribution < 1.29 is 0 Å². The molecule has 1 fully saturated rings. The third kappa shape index (κ3) is 1.95. The minimum Gasteiger partial charge on any atom is -0.358 e. The molecule has 2 heteroatoms. The summed E-state index contributed by atoms with van der Waals surface area (Å²) in [4.78, 5) is 6.88. The van der Waals surface area contributed by atoms with E-state index in [1.807, 2.05) is 0 Å². The highest BCUT2D eigenvalue weighted by Gasteiger charge is 2.19. The Kier molecular flexibility index (Phi) is 2.92. The van der Waals surface area contributed by atoms with E-state index in [1.54, 1.807) is 0 Å². The van der Waals surface area contributed by atoms with Crippen LogP contribution in [0.3, 0.4) is 0 Å². The lowest BCUT2D eigenvalue weighted by Gasteiger charge is -2.23. The Hall–Kier alpha value is -0.530. The molecule has 1 aliphatic heterocycles. The number of hydrogen-bond donors (Lipinski definition) is 0. The largest absolute Gasteiger partial charge is 0.358 e. The average Bonchev–Trinajstić information content (AvgIpc) is 2.36. The monoisotopic (exact) mass is 154 g/mol. The Morgan fingerprint density at radius 1 is 1.55 bits per heavy atom. The van der Waals surface area contributed by atoms with E-state index in [0.29, 0.717) is 6.04 Å². The molecule has 0 amide bonds. The van der Waals surface area contributed by atoms with Crippen LogP contribution in [0.2, 0.25) is 0 Å². The van der Waals surface area contributed by atoms with Crippen molar-refractivity contribution in [2.24, 2.45) is 4.99 Å². The minimum atomic E-state index is 0.628. The van der Waals surface area contributed by atoms with Crippen LogP contribution >= 0.6 is 0 Å². The minimum absolute atomic E-state index is 0.628. The van der Waals surface area contributed by atoms with Gasteiger partial charge >= 0.3 is 0 Å². The van der Waals surface area contributed by atoms with Gasteiger partial charge in [0.15, 0.2) is 0 Å². The van der Waals surface area contributed by atoms with E-state index in [-0.39, 0.29) is 0 Å². The summed E-state index contributed by atoms with van der Waals surface area (Å²) in [5.74, 6) is 1.32. The molecule has 0 spiro atoms. The molecular formula is C9H18N2. The molecule has 1 heterocycles. The Morgan fingerprint density at radius 2 is 2.27 bits per heavy atom. The first-order valence-corrected chi connectivity index (χ1v) is 4.55. The second-order valence-electron chi connectivity index (χ2n) is 3.28. The maximum atomic E-state index is 4.47. The third-order valence-corrected chi connectivity index (χ3v) is 2.09. The Labute approximate surface area is 69.3 Å². The molecule has 0 aliphatic carbocycles. The molecule has 0 N–H and O–H groups in total. The molecule has 2 nitrogen and oxygen atoms in total. The number of aliphatic imine (C=N–C) groups is 1. The first-order chi connectivity index (χ1) is 5.25. The number of nitrogens with zero attached hydrogens (tertiary/aromatic N) is 2. The maximum Gasteiger partial charge on any atom is 0.0991 e. The summed E-state index contributed by atoms with van der Waals surface area (Å²) in [6.07, 6.45) is 2.48. The summed E-state index contributed by atoms with van der Waals surface area (Å²) in [6, 6.07) is 0.628. The molecule has 1 saturated heterocycles. The highest BCUT2D eigenvalue weighted by atomic mass is 15.2. The smallest absolute Gasteiger partial charge is 0.0991 e. The van der Waals surface area contributed by atoms with Gasteiger partial charge in [0, 0.05) is 25.6 Å². The standard InChI is InChI=1S/C9H18N2/c1-4-10-9-6-5-7-11(9)8(2)3/h8H,4-7H2,1-3H3. The van der Waals surface area contributed by atoms with Crippen molar-refractivity contribution in [3.8, 4) is 0 Å². The molecule has 0 atom stereocenters. The second kappa shape index (κ2) is 3.74. The molecule has 0 radical (unpaired) electrons. The molecule has 0 aromatic carbocycles. The molecule has 0 unspecified atom stereocenters. The second-order valence-corrected chi connectivity index (χ2v) is 3.28. The summed E-state index contributed by atoms with van der Waals surface area (Å²) >= 11 is 0. The molecular weight excluding hydrogens is 136 g/mol. The van der Waals surface area contributed by atoms with Crippen LogP contribution in [-0.2, 0) is 0 Å². The van der Waals surface area contributed by atoms with Gasteiger partial charge in [-0.15, -0.1) is 0 Å². The summed E-state index contributed by atoms with van der Waals surface area (Å²) < 4.78 is 0. The van der Waals surface area contributed by atoms with Gasteiger partial charge in [0.05, 0.1) is 5.84 Å². The normalized spacial score (nSPS) is 22.2. The molecule has 64 valence electrons. The molecule has 0 aromatic rings. The summed E-state index contributed by atoms with van der Waals surface area (Å²) in [5.41, 5.74) is 0. The quantitative estimate of drug-likeness (QED) is 0.593. The predicted octanol–water partition coefficient (Wildman–Crippen LogP) is 1.91. The SMILES string of the molecule is CCN=C1CCCN1C(C)C. The summed E-state index contributed by atoms with van der Waals surface area (Å²) in [7, 11) is 0. The predicted molar refractivity (Wildman–Crippen MR) is 49.1 cm³/mol. The fourth-order valence-electron chi connectivity index (χ4n) is 1.59. The van der Waals surface area contributed by atoms with Crippen molar-refractivity contribution in [2.75, 3.05) is 13.1 Å². The van der Waals surface area contributed by atoms with Crippen LogP contribution in [0.4, 0.5) is 0 Å². The van der Waals surface area contributed by atoms with E-state index < -0.39 is 0 Å². The zero-order chi connectivity index (χ0) is 8.27. The average molecular weight is 154 g/mol. The fraction of sp³-hybridized carbons (Fsp3) is 0.889. The van der Waals surface area contributed by atoms with Crippen molar-refractivity contribution in [3.63, 3.8) is 0 Å². The lowest BCUT2D eigenvalue weighted by Crippen LogP contribution is -2.31. The highest BCUT2D eigenvalue weighted by molar-refractivity contribution is 5.84. The summed E-state index contributed by atoms with van der Waals surface area (Å²) in [5, 5.41) is 0.